The number of unbranched alkanes of at least 4 members (excludes halogenated alkanes) is 16. The monoisotopic (exact) mass is 743 g/mol. The number of ether oxygens (including phenoxy) is 2. The summed E-state index contributed by atoms with van der Waals surface area (Å²) in [7, 11) is 1.45. The summed E-state index contributed by atoms with van der Waals surface area (Å²) < 4.78 is 34.2. The van der Waals surface area contributed by atoms with Crippen LogP contribution in [-0.2, 0) is 32.7 Å². The molecule has 0 aliphatic carbocycles. The minimum atomic E-state index is -4.37. The molecule has 0 saturated heterocycles. The second-order valence-corrected chi connectivity index (χ2v) is 16.1. The van der Waals surface area contributed by atoms with E-state index in [4.69, 9.17) is 18.5 Å². The molecule has 0 aliphatic heterocycles. The Morgan fingerprint density at radius 1 is 0.608 bits per heavy atom. The molecule has 0 heterocycles. The van der Waals surface area contributed by atoms with Gasteiger partial charge in [0.25, 0.3) is 0 Å². The van der Waals surface area contributed by atoms with Crippen LogP contribution in [0.4, 0.5) is 0 Å². The number of quaternary nitrogens is 1. The molecule has 10 heteroatoms. The molecule has 0 aromatic carbocycles. The van der Waals surface area contributed by atoms with E-state index in [1.54, 1.807) is 0 Å². The molecule has 0 fully saturated rings. The van der Waals surface area contributed by atoms with E-state index < -0.39 is 26.5 Å². The molecular formula is C41H77NO8P+. The molecule has 1 unspecified atom stereocenters. The van der Waals surface area contributed by atoms with Gasteiger partial charge in [-0.15, -0.1) is 0 Å². The highest BCUT2D eigenvalue weighted by atomic mass is 31.2. The van der Waals surface area contributed by atoms with E-state index in [1.165, 1.54) is 51.4 Å². The largest absolute Gasteiger partial charge is 0.472 e. The van der Waals surface area contributed by atoms with Crippen molar-refractivity contribution in [2.24, 2.45) is 0 Å². The fourth-order valence-corrected chi connectivity index (χ4v) is 5.88. The lowest BCUT2D eigenvalue weighted by molar-refractivity contribution is -0.870. The topological polar surface area (TPSA) is 108 Å². The van der Waals surface area contributed by atoms with Crippen LogP contribution in [0.2, 0.25) is 0 Å². The number of phosphoric acid groups is 1. The van der Waals surface area contributed by atoms with Gasteiger partial charge in [-0.05, 0) is 64.2 Å². The lowest BCUT2D eigenvalue weighted by Crippen LogP contribution is -2.37. The average molecular weight is 743 g/mol. The van der Waals surface area contributed by atoms with Crippen molar-refractivity contribution in [1.82, 2.24) is 0 Å². The Morgan fingerprint density at radius 2 is 1.08 bits per heavy atom. The van der Waals surface area contributed by atoms with Crippen LogP contribution < -0.4 is 0 Å². The molecule has 298 valence electrons. The average Bonchev–Trinajstić information content (AvgIpc) is 3.07. The van der Waals surface area contributed by atoms with Crippen LogP contribution in [0.25, 0.3) is 0 Å². The lowest BCUT2D eigenvalue weighted by Gasteiger charge is -2.24. The molecule has 1 N–H and O–H groups in total. The molecular weight excluding hydrogens is 665 g/mol. The SMILES string of the molecule is CCCC/C=C/C/C=C/CCCCCCCC(=O)OC[C@H](COP(=O)(O)OCC[N+](C)(C)C)OC(=O)CCCCC/C=C/CCCCCCCC. The number of phosphoric ester groups is 1. The van der Waals surface area contributed by atoms with E-state index >= 15 is 0 Å². The highest BCUT2D eigenvalue weighted by Gasteiger charge is 2.27. The van der Waals surface area contributed by atoms with Gasteiger partial charge in [-0.1, -0.05) is 121 Å². The van der Waals surface area contributed by atoms with Gasteiger partial charge in [-0.2, -0.15) is 0 Å². The number of carbonyl (C=O) groups is 2. The van der Waals surface area contributed by atoms with Crippen molar-refractivity contribution in [1.29, 1.82) is 0 Å². The van der Waals surface area contributed by atoms with E-state index in [2.05, 4.69) is 50.3 Å². The predicted molar refractivity (Wildman–Crippen MR) is 210 cm³/mol. The maximum Gasteiger partial charge on any atom is 0.472 e. The van der Waals surface area contributed by atoms with Gasteiger partial charge in [0.2, 0.25) is 0 Å². The Morgan fingerprint density at radius 3 is 1.65 bits per heavy atom. The summed E-state index contributed by atoms with van der Waals surface area (Å²) in [6.07, 6.45) is 36.2. The Labute approximate surface area is 312 Å². The smallest absolute Gasteiger partial charge is 0.462 e. The van der Waals surface area contributed by atoms with Crippen LogP contribution in [0, 0.1) is 0 Å². The number of hydrogen-bond acceptors (Lipinski definition) is 7. The second-order valence-electron chi connectivity index (χ2n) is 14.7. The van der Waals surface area contributed by atoms with Gasteiger partial charge in [0, 0.05) is 12.8 Å². The third-order valence-corrected chi connectivity index (χ3v) is 9.38. The molecule has 0 aromatic rings. The van der Waals surface area contributed by atoms with Crippen molar-refractivity contribution in [2.45, 2.75) is 168 Å². The first-order valence-electron chi connectivity index (χ1n) is 20.2. The molecule has 0 bridgehead atoms. The molecule has 2 atom stereocenters. The summed E-state index contributed by atoms with van der Waals surface area (Å²) in [5.74, 6) is -0.836. The van der Waals surface area contributed by atoms with E-state index in [0.717, 1.165) is 77.0 Å². The standard InChI is InChI=1S/C41H76NO8P/c1-6-8-10-12-14-16-18-20-22-23-25-27-29-31-33-40(43)47-37-39(38-49-51(45,46)48-36-35-42(3,4)5)50-41(44)34-32-30-28-26-24-21-19-17-15-13-11-9-7-2/h12,14,18,20-21,24,39H,6-11,13,15-17,19,22-23,25-38H2,1-5H3/p+1/b14-12+,20-18+,24-21+/t39-/m1/s1. The zero-order valence-electron chi connectivity index (χ0n) is 33.3. The maximum atomic E-state index is 12.6. The van der Waals surface area contributed by atoms with Crippen molar-refractivity contribution in [2.75, 3.05) is 47.5 Å². The molecule has 0 aromatic heterocycles. The van der Waals surface area contributed by atoms with Crippen molar-refractivity contribution < 1.29 is 42.1 Å². The minimum Gasteiger partial charge on any atom is -0.462 e. The highest BCUT2D eigenvalue weighted by molar-refractivity contribution is 7.47. The van der Waals surface area contributed by atoms with E-state index in [9.17, 15) is 19.0 Å². The number of allylic oxidation sites excluding steroid dienone is 6. The molecule has 0 saturated carbocycles. The first-order chi connectivity index (χ1) is 24.5. The Bertz CT molecular complexity index is 975. The van der Waals surface area contributed by atoms with Gasteiger partial charge >= 0.3 is 19.8 Å². The molecule has 0 amide bonds. The van der Waals surface area contributed by atoms with E-state index in [-0.39, 0.29) is 32.0 Å². The van der Waals surface area contributed by atoms with Gasteiger partial charge in [0.15, 0.2) is 6.10 Å². The van der Waals surface area contributed by atoms with Crippen molar-refractivity contribution in [3.63, 3.8) is 0 Å². The van der Waals surface area contributed by atoms with Crippen molar-refractivity contribution in [3.05, 3.63) is 36.5 Å². The number of hydrogen-bond donors (Lipinski definition) is 1. The summed E-state index contributed by atoms with van der Waals surface area (Å²) >= 11 is 0. The van der Waals surface area contributed by atoms with Crippen LogP contribution in [0.15, 0.2) is 36.5 Å². The fraction of sp³-hybridized carbons (Fsp3) is 0.805. The number of likely N-dealkylation sites (N-methyl/N-ethyl adjacent to an activating group) is 1. The Balaban J connectivity index is 4.46. The molecule has 0 aliphatic rings. The zero-order valence-corrected chi connectivity index (χ0v) is 34.2. The van der Waals surface area contributed by atoms with Gasteiger partial charge in [-0.3, -0.25) is 18.6 Å². The van der Waals surface area contributed by atoms with Crippen LogP contribution in [0.5, 0.6) is 0 Å². The lowest BCUT2D eigenvalue weighted by atomic mass is 10.1. The first-order valence-corrected chi connectivity index (χ1v) is 21.7. The Kier molecular flexibility index (Phi) is 32.8. The number of nitrogens with zero attached hydrogens (tertiary/aromatic N) is 1. The van der Waals surface area contributed by atoms with E-state index in [0.29, 0.717) is 17.4 Å². The minimum absolute atomic E-state index is 0.0262. The number of rotatable bonds is 36. The summed E-state index contributed by atoms with van der Waals surface area (Å²) in [5, 5.41) is 0. The van der Waals surface area contributed by atoms with Gasteiger partial charge < -0.3 is 18.9 Å². The predicted octanol–water partition coefficient (Wildman–Crippen LogP) is 11.0. The highest BCUT2D eigenvalue weighted by Crippen LogP contribution is 2.43. The third-order valence-electron chi connectivity index (χ3n) is 8.39. The molecule has 51 heavy (non-hydrogen) atoms. The Hall–Kier alpha value is -1.77. The summed E-state index contributed by atoms with van der Waals surface area (Å²) in [6, 6.07) is 0. The first kappa shape index (κ1) is 49.2. The quantitative estimate of drug-likeness (QED) is 0.0222. The molecule has 0 radical (unpaired) electrons. The van der Waals surface area contributed by atoms with Crippen molar-refractivity contribution in [3.8, 4) is 0 Å². The van der Waals surface area contributed by atoms with Gasteiger partial charge in [0.05, 0.1) is 27.7 Å². The number of carbonyl (C=O) groups excluding carboxylic acids is 2. The van der Waals surface area contributed by atoms with Crippen LogP contribution in [-0.4, -0.2) is 74.9 Å². The molecule has 0 rings (SSSR count). The van der Waals surface area contributed by atoms with Crippen LogP contribution >= 0.6 is 7.82 Å². The third kappa shape index (κ3) is 37.8. The van der Waals surface area contributed by atoms with Gasteiger partial charge in [0.1, 0.15) is 19.8 Å². The second kappa shape index (κ2) is 34.0. The van der Waals surface area contributed by atoms with E-state index in [1.807, 2.05) is 21.1 Å². The van der Waals surface area contributed by atoms with Gasteiger partial charge in [-0.25, -0.2) is 4.57 Å². The zero-order chi connectivity index (χ0) is 37.9. The van der Waals surface area contributed by atoms with Crippen molar-refractivity contribution >= 4 is 19.8 Å². The summed E-state index contributed by atoms with van der Waals surface area (Å²) in [4.78, 5) is 35.2. The summed E-state index contributed by atoms with van der Waals surface area (Å²) in [5.41, 5.74) is 0. The maximum absolute atomic E-state index is 12.6. The molecule has 0 spiro atoms. The number of esters is 2. The van der Waals surface area contributed by atoms with Crippen LogP contribution in [0.3, 0.4) is 0 Å². The normalized spacial score (nSPS) is 14.1. The molecule has 9 nitrogen and oxygen atoms in total. The fourth-order valence-electron chi connectivity index (χ4n) is 5.14. The summed E-state index contributed by atoms with van der Waals surface area (Å²) in [6.45, 7) is 4.32. The van der Waals surface area contributed by atoms with Crippen LogP contribution in [0.1, 0.15) is 162 Å².